The number of anilines is 1. The number of nitrogens with one attached hydrogen (secondary N) is 1. The Balaban J connectivity index is 1.89. The zero-order chi connectivity index (χ0) is 14.5. The summed E-state index contributed by atoms with van der Waals surface area (Å²) in [7, 11) is 0. The number of benzene rings is 2. The second-order valence-corrected chi connectivity index (χ2v) is 5.17. The Morgan fingerprint density at radius 2 is 1.95 bits per heavy atom. The molecular weight excluding hydrogens is 325 g/mol. The van der Waals surface area contributed by atoms with Gasteiger partial charge in [-0.2, -0.15) is 0 Å². The lowest BCUT2D eigenvalue weighted by atomic mass is 10.2. The SMILES string of the molecule is Cc1ccc(NC(=O)COc2ccc(Br)cc2)cc1F. The van der Waals surface area contributed by atoms with E-state index in [1.807, 2.05) is 12.1 Å². The van der Waals surface area contributed by atoms with Gasteiger partial charge in [0.2, 0.25) is 0 Å². The minimum absolute atomic E-state index is 0.128. The molecule has 0 bridgehead atoms. The summed E-state index contributed by atoms with van der Waals surface area (Å²) in [5.41, 5.74) is 0.951. The minimum atomic E-state index is -0.350. The molecular formula is C15H13BrFNO2. The molecule has 1 N–H and O–H groups in total. The van der Waals surface area contributed by atoms with Crippen LogP contribution in [0.25, 0.3) is 0 Å². The molecule has 0 aromatic heterocycles. The number of hydrogen-bond donors (Lipinski definition) is 1. The van der Waals surface area contributed by atoms with Gasteiger partial charge < -0.3 is 10.1 Å². The number of carbonyl (C=O) groups is 1. The lowest BCUT2D eigenvalue weighted by Crippen LogP contribution is -2.20. The van der Waals surface area contributed by atoms with Crippen molar-refractivity contribution in [3.63, 3.8) is 0 Å². The van der Waals surface area contributed by atoms with E-state index in [0.717, 1.165) is 4.47 Å². The summed E-state index contributed by atoms with van der Waals surface area (Å²) in [5.74, 6) is -0.0914. The summed E-state index contributed by atoms with van der Waals surface area (Å²) in [6, 6.07) is 11.7. The molecule has 3 nitrogen and oxygen atoms in total. The van der Waals surface area contributed by atoms with E-state index in [9.17, 15) is 9.18 Å². The van der Waals surface area contributed by atoms with Crippen molar-refractivity contribution in [1.29, 1.82) is 0 Å². The van der Waals surface area contributed by atoms with Gasteiger partial charge >= 0.3 is 0 Å². The molecule has 0 aliphatic carbocycles. The maximum atomic E-state index is 13.3. The standard InChI is InChI=1S/C15H13BrFNO2/c1-10-2-5-12(8-14(10)17)18-15(19)9-20-13-6-3-11(16)4-7-13/h2-8H,9H2,1H3,(H,18,19). The highest BCUT2D eigenvalue weighted by Crippen LogP contribution is 2.16. The van der Waals surface area contributed by atoms with Gasteiger partial charge in [0.15, 0.2) is 6.61 Å². The molecule has 0 spiro atoms. The van der Waals surface area contributed by atoms with Crippen molar-refractivity contribution in [1.82, 2.24) is 0 Å². The lowest BCUT2D eigenvalue weighted by Gasteiger charge is -2.08. The molecule has 2 aromatic carbocycles. The molecule has 0 heterocycles. The Morgan fingerprint density at radius 1 is 1.25 bits per heavy atom. The first-order valence-electron chi connectivity index (χ1n) is 5.99. The Bertz CT molecular complexity index is 614. The van der Waals surface area contributed by atoms with Gasteiger partial charge in [0, 0.05) is 10.2 Å². The van der Waals surface area contributed by atoms with Crippen molar-refractivity contribution in [2.75, 3.05) is 11.9 Å². The summed E-state index contributed by atoms with van der Waals surface area (Å²) >= 11 is 3.31. The summed E-state index contributed by atoms with van der Waals surface area (Å²) < 4.78 is 19.6. The minimum Gasteiger partial charge on any atom is -0.484 e. The predicted molar refractivity (Wildman–Crippen MR) is 79.4 cm³/mol. The van der Waals surface area contributed by atoms with E-state index in [2.05, 4.69) is 21.2 Å². The van der Waals surface area contributed by atoms with E-state index < -0.39 is 0 Å². The average Bonchev–Trinajstić information content (AvgIpc) is 2.42. The fraction of sp³-hybridized carbons (Fsp3) is 0.133. The normalized spacial score (nSPS) is 10.2. The van der Waals surface area contributed by atoms with Crippen LogP contribution in [0.2, 0.25) is 0 Å². The maximum Gasteiger partial charge on any atom is 0.262 e. The van der Waals surface area contributed by atoms with E-state index in [0.29, 0.717) is 17.0 Å². The molecule has 5 heteroatoms. The van der Waals surface area contributed by atoms with Crippen LogP contribution in [0, 0.1) is 12.7 Å². The molecule has 0 saturated carbocycles. The molecule has 104 valence electrons. The molecule has 20 heavy (non-hydrogen) atoms. The van der Waals surface area contributed by atoms with Crippen LogP contribution in [0.3, 0.4) is 0 Å². The van der Waals surface area contributed by atoms with Gasteiger partial charge in [-0.3, -0.25) is 4.79 Å². The largest absolute Gasteiger partial charge is 0.484 e. The Morgan fingerprint density at radius 3 is 2.60 bits per heavy atom. The van der Waals surface area contributed by atoms with Gasteiger partial charge in [-0.05, 0) is 48.9 Å². The molecule has 0 saturated heterocycles. The Kier molecular flexibility index (Phi) is 4.74. The monoisotopic (exact) mass is 337 g/mol. The first-order chi connectivity index (χ1) is 9.54. The zero-order valence-corrected chi connectivity index (χ0v) is 12.4. The van der Waals surface area contributed by atoms with Crippen molar-refractivity contribution in [3.8, 4) is 5.75 Å². The number of hydrogen-bond acceptors (Lipinski definition) is 2. The molecule has 0 unspecified atom stereocenters. The molecule has 0 radical (unpaired) electrons. The van der Waals surface area contributed by atoms with Crippen molar-refractivity contribution in [3.05, 3.63) is 58.3 Å². The predicted octanol–water partition coefficient (Wildman–Crippen LogP) is 3.91. The third-order valence-corrected chi connectivity index (χ3v) is 3.17. The molecule has 2 aromatic rings. The maximum absolute atomic E-state index is 13.3. The van der Waals surface area contributed by atoms with Crippen LogP contribution < -0.4 is 10.1 Å². The Hall–Kier alpha value is -1.88. The van der Waals surface area contributed by atoms with Crippen LogP contribution in [0.15, 0.2) is 46.9 Å². The third-order valence-electron chi connectivity index (χ3n) is 2.64. The Labute approximate surface area is 124 Å². The van der Waals surface area contributed by atoms with Gasteiger partial charge in [0.25, 0.3) is 5.91 Å². The van der Waals surface area contributed by atoms with Crippen molar-refractivity contribution in [2.24, 2.45) is 0 Å². The molecule has 0 atom stereocenters. The highest BCUT2D eigenvalue weighted by atomic mass is 79.9. The average molecular weight is 338 g/mol. The van der Waals surface area contributed by atoms with Crippen molar-refractivity contribution < 1.29 is 13.9 Å². The smallest absolute Gasteiger partial charge is 0.262 e. The third kappa shape index (κ3) is 4.06. The van der Waals surface area contributed by atoms with E-state index in [1.54, 1.807) is 31.2 Å². The second-order valence-electron chi connectivity index (χ2n) is 4.25. The quantitative estimate of drug-likeness (QED) is 0.918. The van der Waals surface area contributed by atoms with Gasteiger partial charge in [-0.1, -0.05) is 22.0 Å². The van der Waals surface area contributed by atoms with E-state index in [4.69, 9.17) is 4.74 Å². The number of amides is 1. The lowest BCUT2D eigenvalue weighted by molar-refractivity contribution is -0.118. The van der Waals surface area contributed by atoms with Crippen LogP contribution in [-0.2, 0) is 4.79 Å². The number of ether oxygens (including phenoxy) is 1. The van der Waals surface area contributed by atoms with Crippen molar-refractivity contribution in [2.45, 2.75) is 6.92 Å². The van der Waals surface area contributed by atoms with Crippen LogP contribution in [0.4, 0.5) is 10.1 Å². The summed E-state index contributed by atoms with van der Waals surface area (Å²) in [6.45, 7) is 1.54. The highest BCUT2D eigenvalue weighted by Gasteiger charge is 2.05. The van der Waals surface area contributed by atoms with E-state index >= 15 is 0 Å². The fourth-order valence-electron chi connectivity index (χ4n) is 1.55. The molecule has 0 aliphatic rings. The van der Waals surface area contributed by atoms with Crippen molar-refractivity contribution >= 4 is 27.5 Å². The van der Waals surface area contributed by atoms with E-state index in [1.165, 1.54) is 6.07 Å². The first-order valence-corrected chi connectivity index (χ1v) is 6.78. The van der Waals surface area contributed by atoms with E-state index in [-0.39, 0.29) is 18.3 Å². The highest BCUT2D eigenvalue weighted by molar-refractivity contribution is 9.10. The first kappa shape index (κ1) is 14.5. The summed E-state index contributed by atoms with van der Waals surface area (Å²) in [5, 5.41) is 2.58. The molecule has 0 aliphatic heterocycles. The van der Waals surface area contributed by atoms with Crippen LogP contribution in [-0.4, -0.2) is 12.5 Å². The molecule has 1 amide bonds. The number of rotatable bonds is 4. The second kappa shape index (κ2) is 6.52. The fourth-order valence-corrected chi connectivity index (χ4v) is 1.81. The number of aryl methyl sites for hydroxylation is 1. The van der Waals surface area contributed by atoms with Gasteiger partial charge in [-0.15, -0.1) is 0 Å². The summed E-state index contributed by atoms with van der Waals surface area (Å²) in [6.07, 6.45) is 0. The van der Waals surface area contributed by atoms with Crippen LogP contribution in [0.5, 0.6) is 5.75 Å². The summed E-state index contributed by atoms with van der Waals surface area (Å²) in [4.78, 5) is 11.7. The topological polar surface area (TPSA) is 38.3 Å². The number of carbonyl (C=O) groups excluding carboxylic acids is 1. The zero-order valence-electron chi connectivity index (χ0n) is 10.8. The number of halogens is 2. The van der Waals surface area contributed by atoms with Crippen LogP contribution >= 0.6 is 15.9 Å². The molecule has 0 fully saturated rings. The van der Waals surface area contributed by atoms with Crippen LogP contribution in [0.1, 0.15) is 5.56 Å². The van der Waals surface area contributed by atoms with Gasteiger partial charge in [-0.25, -0.2) is 4.39 Å². The van der Waals surface area contributed by atoms with Gasteiger partial charge in [0.05, 0.1) is 0 Å². The van der Waals surface area contributed by atoms with Gasteiger partial charge in [0.1, 0.15) is 11.6 Å². The molecule has 2 rings (SSSR count).